The minimum absolute atomic E-state index is 0.189. The monoisotopic (exact) mass is 130 g/mol. The summed E-state index contributed by atoms with van der Waals surface area (Å²) < 4.78 is 0. The normalized spacial score (nSPS) is 12.0. The predicted octanol–water partition coefficient (Wildman–Crippen LogP) is 0.710. The second-order valence-electron chi connectivity index (χ2n) is 2.97. The van der Waals surface area contributed by atoms with Crippen molar-refractivity contribution in [3.05, 3.63) is 0 Å². The van der Waals surface area contributed by atoms with Crippen molar-refractivity contribution in [2.24, 2.45) is 16.9 Å². The average molecular weight is 130 g/mol. The van der Waals surface area contributed by atoms with E-state index in [1.54, 1.807) is 0 Å². The van der Waals surface area contributed by atoms with E-state index in [0.29, 0.717) is 13.1 Å². The molecule has 0 aromatic carbocycles. The lowest BCUT2D eigenvalue weighted by Crippen LogP contribution is -2.34. The van der Waals surface area contributed by atoms with Gasteiger partial charge in [0.2, 0.25) is 0 Å². The molecule has 0 rings (SSSR count). The Morgan fingerprint density at radius 2 is 1.67 bits per heavy atom. The van der Waals surface area contributed by atoms with Crippen LogP contribution in [0.3, 0.4) is 0 Å². The zero-order valence-corrected chi connectivity index (χ0v) is 6.48. The fourth-order valence-electron chi connectivity index (χ4n) is 0.891. The molecule has 0 spiro atoms. The van der Waals surface area contributed by atoms with Crippen LogP contribution in [0.2, 0.25) is 0 Å². The van der Waals surface area contributed by atoms with E-state index < -0.39 is 0 Å². The molecule has 0 aromatic rings. The van der Waals surface area contributed by atoms with Gasteiger partial charge in [-0.3, -0.25) is 0 Å². The third-order valence-corrected chi connectivity index (χ3v) is 1.84. The van der Waals surface area contributed by atoms with E-state index in [1.807, 2.05) is 0 Å². The van der Waals surface area contributed by atoms with Crippen molar-refractivity contribution in [2.75, 3.05) is 13.1 Å². The lowest BCUT2D eigenvalue weighted by molar-refractivity contribution is 0.317. The van der Waals surface area contributed by atoms with Crippen molar-refractivity contribution in [3.8, 4) is 0 Å². The smallest absolute Gasteiger partial charge is 0.00111 e. The molecule has 0 saturated heterocycles. The van der Waals surface area contributed by atoms with Gasteiger partial charge in [0, 0.05) is 0 Å². The van der Waals surface area contributed by atoms with Crippen LogP contribution in [-0.2, 0) is 0 Å². The van der Waals surface area contributed by atoms with Gasteiger partial charge >= 0.3 is 0 Å². The third kappa shape index (κ3) is 2.82. The highest BCUT2D eigenvalue weighted by Gasteiger charge is 2.18. The molecule has 0 aliphatic carbocycles. The number of nitrogens with two attached hydrogens (primary N) is 2. The fraction of sp³-hybridized carbons (Fsp3) is 1.00. The Balaban J connectivity index is 3.62. The molecular weight excluding hydrogens is 112 g/mol. The van der Waals surface area contributed by atoms with E-state index in [2.05, 4.69) is 13.8 Å². The first-order valence-corrected chi connectivity index (χ1v) is 3.58. The second-order valence-corrected chi connectivity index (χ2v) is 2.97. The van der Waals surface area contributed by atoms with Gasteiger partial charge in [-0.15, -0.1) is 0 Å². The van der Waals surface area contributed by atoms with E-state index in [0.717, 1.165) is 6.42 Å². The van der Waals surface area contributed by atoms with Gasteiger partial charge in [0.25, 0.3) is 0 Å². The van der Waals surface area contributed by atoms with E-state index in [4.69, 9.17) is 11.5 Å². The summed E-state index contributed by atoms with van der Waals surface area (Å²) in [6, 6.07) is 0. The molecule has 9 heavy (non-hydrogen) atoms. The fourth-order valence-corrected chi connectivity index (χ4v) is 0.891. The minimum Gasteiger partial charge on any atom is -0.330 e. The molecule has 0 fully saturated rings. The van der Waals surface area contributed by atoms with Crippen molar-refractivity contribution in [1.29, 1.82) is 0 Å². The quantitative estimate of drug-likeness (QED) is 0.589. The summed E-state index contributed by atoms with van der Waals surface area (Å²) in [6.45, 7) is 5.70. The third-order valence-electron chi connectivity index (χ3n) is 1.84. The van der Waals surface area contributed by atoms with Crippen LogP contribution in [0.1, 0.15) is 26.7 Å². The van der Waals surface area contributed by atoms with Gasteiger partial charge in [-0.1, -0.05) is 20.3 Å². The molecule has 0 heterocycles. The van der Waals surface area contributed by atoms with Crippen LogP contribution in [0.5, 0.6) is 0 Å². The highest BCUT2D eigenvalue weighted by molar-refractivity contribution is 4.74. The van der Waals surface area contributed by atoms with Gasteiger partial charge in [0.1, 0.15) is 0 Å². The van der Waals surface area contributed by atoms with Gasteiger partial charge in [0.15, 0.2) is 0 Å². The number of hydrogen-bond donors (Lipinski definition) is 2. The van der Waals surface area contributed by atoms with Crippen molar-refractivity contribution >= 4 is 0 Å². The van der Waals surface area contributed by atoms with Crippen molar-refractivity contribution < 1.29 is 0 Å². The van der Waals surface area contributed by atoms with Crippen LogP contribution in [0, 0.1) is 5.41 Å². The molecule has 0 aliphatic heterocycles. The van der Waals surface area contributed by atoms with E-state index >= 15 is 0 Å². The highest BCUT2D eigenvalue weighted by Crippen LogP contribution is 2.18. The topological polar surface area (TPSA) is 52.0 Å². The molecule has 0 radical (unpaired) electrons. The lowest BCUT2D eigenvalue weighted by Gasteiger charge is -2.24. The molecule has 0 unspecified atom stereocenters. The number of hydrogen-bond acceptors (Lipinski definition) is 2. The SMILES string of the molecule is CCCC(C)(CN)CN. The standard InChI is InChI=1S/C7H18N2/c1-3-4-7(2,5-8)6-9/h3-6,8-9H2,1-2H3. The Bertz CT molecular complexity index is 67.3. The molecule has 0 aliphatic rings. The van der Waals surface area contributed by atoms with Crippen LogP contribution < -0.4 is 11.5 Å². The van der Waals surface area contributed by atoms with Gasteiger partial charge in [0.05, 0.1) is 0 Å². The highest BCUT2D eigenvalue weighted by atomic mass is 14.7. The summed E-state index contributed by atoms with van der Waals surface area (Å²) in [5.41, 5.74) is 11.2. The molecule has 0 saturated carbocycles. The minimum atomic E-state index is 0.189. The summed E-state index contributed by atoms with van der Waals surface area (Å²) in [5.74, 6) is 0. The van der Waals surface area contributed by atoms with Gasteiger partial charge in [-0.2, -0.15) is 0 Å². The zero-order chi connectivity index (χ0) is 7.33. The maximum absolute atomic E-state index is 5.52. The van der Waals surface area contributed by atoms with Crippen molar-refractivity contribution in [2.45, 2.75) is 26.7 Å². The Kier molecular flexibility index (Phi) is 3.82. The first-order chi connectivity index (χ1) is 4.18. The average Bonchev–Trinajstić information content (AvgIpc) is 1.89. The molecular formula is C7H18N2. The van der Waals surface area contributed by atoms with E-state index in [9.17, 15) is 0 Å². The van der Waals surface area contributed by atoms with Gasteiger partial charge in [-0.25, -0.2) is 0 Å². The largest absolute Gasteiger partial charge is 0.330 e. The predicted molar refractivity (Wildman–Crippen MR) is 41.1 cm³/mol. The molecule has 2 heteroatoms. The molecule has 0 aromatic heterocycles. The van der Waals surface area contributed by atoms with Crippen LogP contribution in [-0.4, -0.2) is 13.1 Å². The molecule has 0 amide bonds. The van der Waals surface area contributed by atoms with Crippen LogP contribution >= 0.6 is 0 Å². The number of rotatable bonds is 4. The molecule has 0 atom stereocenters. The Morgan fingerprint density at radius 3 is 1.78 bits per heavy atom. The van der Waals surface area contributed by atoms with Gasteiger partial charge in [-0.05, 0) is 24.9 Å². The summed E-state index contributed by atoms with van der Waals surface area (Å²) in [6.07, 6.45) is 2.31. The maximum Gasteiger partial charge on any atom is -0.00111 e. The Labute approximate surface area is 57.6 Å². The molecule has 0 bridgehead atoms. The first-order valence-electron chi connectivity index (χ1n) is 3.58. The first kappa shape index (κ1) is 8.92. The summed E-state index contributed by atoms with van der Waals surface area (Å²) >= 11 is 0. The second kappa shape index (κ2) is 3.85. The van der Waals surface area contributed by atoms with E-state index in [1.165, 1.54) is 6.42 Å². The zero-order valence-electron chi connectivity index (χ0n) is 6.48. The Morgan fingerprint density at radius 1 is 1.22 bits per heavy atom. The summed E-state index contributed by atoms with van der Waals surface area (Å²) in [7, 11) is 0. The van der Waals surface area contributed by atoms with Crippen LogP contribution in [0.15, 0.2) is 0 Å². The van der Waals surface area contributed by atoms with Crippen molar-refractivity contribution in [3.63, 3.8) is 0 Å². The lowest BCUT2D eigenvalue weighted by atomic mass is 9.86. The van der Waals surface area contributed by atoms with Crippen molar-refractivity contribution in [1.82, 2.24) is 0 Å². The molecule has 2 nitrogen and oxygen atoms in total. The van der Waals surface area contributed by atoms with Crippen LogP contribution in [0.25, 0.3) is 0 Å². The van der Waals surface area contributed by atoms with E-state index in [-0.39, 0.29) is 5.41 Å². The summed E-state index contributed by atoms with van der Waals surface area (Å²) in [5, 5.41) is 0. The molecule has 56 valence electrons. The molecule has 4 N–H and O–H groups in total. The summed E-state index contributed by atoms with van der Waals surface area (Å²) in [4.78, 5) is 0. The Hall–Kier alpha value is -0.0800. The van der Waals surface area contributed by atoms with Gasteiger partial charge < -0.3 is 11.5 Å². The maximum atomic E-state index is 5.52. The van der Waals surface area contributed by atoms with Crippen LogP contribution in [0.4, 0.5) is 0 Å².